The van der Waals surface area contributed by atoms with Crippen LogP contribution in [0.4, 0.5) is 4.39 Å². The Morgan fingerprint density at radius 2 is 2.10 bits per heavy atom. The van der Waals surface area contributed by atoms with Gasteiger partial charge in [0, 0.05) is 6.20 Å². The fourth-order valence-electron chi connectivity index (χ4n) is 2.08. The minimum absolute atomic E-state index is 0.0829. The van der Waals surface area contributed by atoms with Gasteiger partial charge in [-0.1, -0.05) is 12.1 Å². The van der Waals surface area contributed by atoms with Gasteiger partial charge < -0.3 is 10.3 Å². The molecule has 21 heavy (non-hydrogen) atoms. The molecule has 2 N–H and O–H groups in total. The smallest absolute Gasteiger partial charge is 0.256 e. The summed E-state index contributed by atoms with van der Waals surface area (Å²) in [7, 11) is 0. The number of aromatic nitrogens is 3. The number of hydrogen-bond donors (Lipinski definition) is 2. The second-order valence-corrected chi connectivity index (χ2v) is 4.68. The fourth-order valence-corrected chi connectivity index (χ4v) is 2.08. The second kappa shape index (κ2) is 5.32. The molecule has 3 aromatic rings. The van der Waals surface area contributed by atoms with Crippen molar-refractivity contribution < 1.29 is 9.18 Å². The Morgan fingerprint density at radius 1 is 1.29 bits per heavy atom. The Balaban J connectivity index is 1.81. The van der Waals surface area contributed by atoms with E-state index < -0.39 is 11.9 Å². The highest BCUT2D eigenvalue weighted by atomic mass is 19.1. The molecule has 0 aliphatic carbocycles. The highest BCUT2D eigenvalue weighted by Gasteiger charge is 2.17. The first-order valence-electron chi connectivity index (χ1n) is 6.51. The first-order chi connectivity index (χ1) is 10.1. The first-order valence-corrected chi connectivity index (χ1v) is 6.51. The van der Waals surface area contributed by atoms with Crippen LogP contribution in [-0.2, 0) is 0 Å². The predicted molar refractivity (Wildman–Crippen MR) is 76.2 cm³/mol. The van der Waals surface area contributed by atoms with Crippen molar-refractivity contribution in [3.8, 4) is 0 Å². The van der Waals surface area contributed by atoms with Crippen LogP contribution in [-0.4, -0.2) is 20.9 Å². The molecule has 0 saturated carbocycles. The average Bonchev–Trinajstić information content (AvgIpc) is 2.91. The van der Waals surface area contributed by atoms with Crippen LogP contribution in [0.5, 0.6) is 0 Å². The molecule has 0 radical (unpaired) electrons. The summed E-state index contributed by atoms with van der Waals surface area (Å²) in [6, 6.07) is 10.1. The van der Waals surface area contributed by atoms with Crippen LogP contribution in [0.15, 0.2) is 42.6 Å². The minimum atomic E-state index is -0.785. The van der Waals surface area contributed by atoms with Crippen molar-refractivity contribution in [1.82, 2.24) is 20.3 Å². The molecule has 0 aliphatic rings. The molecule has 0 bridgehead atoms. The molecule has 5 nitrogen and oxygen atoms in total. The largest absolute Gasteiger partial charge is 0.342 e. The second-order valence-electron chi connectivity index (χ2n) is 4.68. The Labute approximate surface area is 120 Å². The van der Waals surface area contributed by atoms with E-state index in [-0.39, 0.29) is 11.6 Å². The van der Waals surface area contributed by atoms with Gasteiger partial charge in [-0.2, -0.15) is 4.39 Å². The number of aromatic amines is 1. The molecule has 0 aliphatic heterocycles. The minimum Gasteiger partial charge on any atom is -0.342 e. The van der Waals surface area contributed by atoms with E-state index in [1.54, 1.807) is 6.92 Å². The molecule has 6 heteroatoms. The molecule has 106 valence electrons. The van der Waals surface area contributed by atoms with E-state index in [2.05, 4.69) is 20.3 Å². The van der Waals surface area contributed by atoms with Crippen molar-refractivity contribution in [1.29, 1.82) is 0 Å². The highest BCUT2D eigenvalue weighted by molar-refractivity contribution is 5.94. The number of H-pyrrole nitrogens is 1. The van der Waals surface area contributed by atoms with E-state index in [1.165, 1.54) is 18.3 Å². The van der Waals surface area contributed by atoms with E-state index >= 15 is 0 Å². The van der Waals surface area contributed by atoms with Crippen molar-refractivity contribution in [3.63, 3.8) is 0 Å². The van der Waals surface area contributed by atoms with Gasteiger partial charge in [0.05, 0.1) is 22.6 Å². The van der Waals surface area contributed by atoms with Crippen LogP contribution >= 0.6 is 0 Å². The van der Waals surface area contributed by atoms with Crippen molar-refractivity contribution in [2.45, 2.75) is 13.0 Å². The molecule has 1 amide bonds. The Morgan fingerprint density at radius 3 is 2.86 bits per heavy atom. The summed E-state index contributed by atoms with van der Waals surface area (Å²) in [4.78, 5) is 23.0. The molecular weight excluding hydrogens is 271 g/mol. The van der Waals surface area contributed by atoms with E-state index in [9.17, 15) is 9.18 Å². The normalized spacial score (nSPS) is 12.3. The van der Waals surface area contributed by atoms with Crippen LogP contribution in [0.3, 0.4) is 0 Å². The number of benzene rings is 1. The third kappa shape index (κ3) is 2.60. The number of rotatable bonds is 3. The molecule has 3 rings (SSSR count). The number of amides is 1. The number of imidazole rings is 1. The van der Waals surface area contributed by atoms with Gasteiger partial charge in [-0.25, -0.2) is 9.97 Å². The maximum absolute atomic E-state index is 13.5. The SMILES string of the molecule is CC(NC(=O)c1cccnc1F)c1nc2ccccc2[nH]1. The van der Waals surface area contributed by atoms with Crippen LogP contribution in [0.2, 0.25) is 0 Å². The van der Waals surface area contributed by atoms with E-state index in [4.69, 9.17) is 0 Å². The number of hydrogen-bond acceptors (Lipinski definition) is 3. The Kier molecular flexibility index (Phi) is 3.35. The van der Waals surface area contributed by atoms with Gasteiger partial charge in [0.2, 0.25) is 5.95 Å². The molecule has 0 fully saturated rings. The number of nitrogens with one attached hydrogen (secondary N) is 2. The van der Waals surface area contributed by atoms with E-state index in [0.29, 0.717) is 5.82 Å². The monoisotopic (exact) mass is 284 g/mol. The van der Waals surface area contributed by atoms with Gasteiger partial charge >= 0.3 is 0 Å². The predicted octanol–water partition coefficient (Wildman–Crippen LogP) is 2.59. The standard InChI is InChI=1S/C15H13FN4O/c1-9(14-19-11-6-2-3-7-12(11)20-14)18-15(21)10-5-4-8-17-13(10)16/h2-9H,1H3,(H,18,21)(H,19,20). The van der Waals surface area contributed by atoms with Crippen molar-refractivity contribution in [2.24, 2.45) is 0 Å². The molecule has 0 saturated heterocycles. The molecule has 2 aromatic heterocycles. The van der Waals surface area contributed by atoms with Crippen molar-refractivity contribution >= 4 is 16.9 Å². The van der Waals surface area contributed by atoms with Gasteiger partial charge in [-0.05, 0) is 31.2 Å². The zero-order valence-electron chi connectivity index (χ0n) is 11.3. The topological polar surface area (TPSA) is 70.7 Å². The zero-order valence-corrected chi connectivity index (χ0v) is 11.3. The highest BCUT2D eigenvalue weighted by Crippen LogP contribution is 2.16. The van der Waals surface area contributed by atoms with Crippen LogP contribution in [0.25, 0.3) is 11.0 Å². The summed E-state index contributed by atoms with van der Waals surface area (Å²) in [5.41, 5.74) is 1.63. The van der Waals surface area contributed by atoms with Gasteiger partial charge in [-0.3, -0.25) is 4.79 Å². The lowest BCUT2D eigenvalue weighted by Gasteiger charge is -2.11. The third-order valence-electron chi connectivity index (χ3n) is 3.17. The van der Waals surface area contributed by atoms with Crippen molar-refractivity contribution in [2.75, 3.05) is 0 Å². The maximum atomic E-state index is 13.5. The molecule has 0 spiro atoms. The van der Waals surface area contributed by atoms with E-state index in [0.717, 1.165) is 11.0 Å². The van der Waals surface area contributed by atoms with Crippen LogP contribution < -0.4 is 5.32 Å². The van der Waals surface area contributed by atoms with E-state index in [1.807, 2.05) is 24.3 Å². The number of carbonyl (C=O) groups excluding carboxylic acids is 1. The van der Waals surface area contributed by atoms with Crippen LogP contribution in [0, 0.1) is 5.95 Å². The summed E-state index contributed by atoms with van der Waals surface area (Å²) in [5, 5.41) is 2.70. The summed E-state index contributed by atoms with van der Waals surface area (Å²) in [6.45, 7) is 1.78. The zero-order chi connectivity index (χ0) is 14.8. The van der Waals surface area contributed by atoms with Gasteiger partial charge in [0.15, 0.2) is 0 Å². The lowest BCUT2D eigenvalue weighted by molar-refractivity contribution is 0.0933. The molecule has 1 aromatic carbocycles. The number of nitrogens with zero attached hydrogens (tertiary/aromatic N) is 2. The number of halogens is 1. The van der Waals surface area contributed by atoms with Gasteiger partial charge in [0.25, 0.3) is 5.91 Å². The van der Waals surface area contributed by atoms with Gasteiger partial charge in [-0.15, -0.1) is 0 Å². The maximum Gasteiger partial charge on any atom is 0.256 e. The Hall–Kier alpha value is -2.76. The van der Waals surface area contributed by atoms with Gasteiger partial charge in [0.1, 0.15) is 5.82 Å². The summed E-state index contributed by atoms with van der Waals surface area (Å²) < 4.78 is 13.5. The quantitative estimate of drug-likeness (QED) is 0.726. The number of carbonyl (C=O) groups is 1. The van der Waals surface area contributed by atoms with Crippen LogP contribution in [0.1, 0.15) is 29.1 Å². The third-order valence-corrected chi connectivity index (χ3v) is 3.17. The average molecular weight is 284 g/mol. The number of pyridine rings is 1. The molecular formula is C15H13FN4O. The number of fused-ring (bicyclic) bond motifs is 1. The summed E-state index contributed by atoms with van der Waals surface area (Å²) >= 11 is 0. The Bertz CT molecular complexity index is 766. The first kappa shape index (κ1) is 13.2. The molecule has 1 unspecified atom stereocenters. The fraction of sp³-hybridized carbons (Fsp3) is 0.133. The lowest BCUT2D eigenvalue weighted by atomic mass is 10.2. The summed E-state index contributed by atoms with van der Waals surface area (Å²) in [5.74, 6) is -0.686. The summed E-state index contributed by atoms with van der Waals surface area (Å²) in [6.07, 6.45) is 1.30. The molecule has 2 heterocycles. The number of para-hydroxylation sites is 2. The van der Waals surface area contributed by atoms with Crippen molar-refractivity contribution in [3.05, 3.63) is 59.9 Å². The molecule has 1 atom stereocenters. The lowest BCUT2D eigenvalue weighted by Crippen LogP contribution is -2.28.